The Labute approximate surface area is 125 Å². The summed E-state index contributed by atoms with van der Waals surface area (Å²) in [5, 5.41) is 20.6. The topological polar surface area (TPSA) is 76.4 Å². The smallest absolute Gasteiger partial charge is 0.224 e. The molecule has 2 N–H and O–H groups in total. The molecule has 5 nitrogen and oxygen atoms in total. The molecule has 2 rings (SSSR count). The van der Waals surface area contributed by atoms with Crippen LogP contribution in [0.15, 0.2) is 24.3 Å². The van der Waals surface area contributed by atoms with Gasteiger partial charge >= 0.3 is 0 Å². The monoisotopic (exact) mass is 287 g/mol. The van der Waals surface area contributed by atoms with Crippen LogP contribution in [0.25, 0.3) is 0 Å². The van der Waals surface area contributed by atoms with Crippen molar-refractivity contribution in [3.63, 3.8) is 0 Å². The molecule has 0 radical (unpaired) electrons. The summed E-state index contributed by atoms with van der Waals surface area (Å²) >= 11 is 0. The zero-order chi connectivity index (χ0) is 15.1. The van der Waals surface area contributed by atoms with Gasteiger partial charge in [-0.15, -0.1) is 0 Å². The van der Waals surface area contributed by atoms with Crippen LogP contribution < -0.4 is 5.32 Å². The third kappa shape index (κ3) is 5.18. The van der Waals surface area contributed by atoms with Crippen LogP contribution in [-0.4, -0.2) is 41.7 Å². The number of benzene rings is 1. The third-order valence-corrected chi connectivity index (χ3v) is 3.60. The minimum absolute atomic E-state index is 0.0144. The van der Waals surface area contributed by atoms with Gasteiger partial charge in [0, 0.05) is 24.7 Å². The Morgan fingerprint density at radius 2 is 2.05 bits per heavy atom. The Kier molecular flexibility index (Phi) is 5.73. The van der Waals surface area contributed by atoms with E-state index in [1.807, 2.05) is 6.07 Å². The Hall–Kier alpha value is -1.90. The molecule has 1 aromatic rings. The predicted octanol–water partition coefficient (Wildman–Crippen LogP) is 1.73. The number of nitrogens with zero attached hydrogens (tertiary/aromatic N) is 2. The van der Waals surface area contributed by atoms with E-state index in [1.165, 1.54) is 12.8 Å². The first-order valence-electron chi connectivity index (χ1n) is 7.38. The van der Waals surface area contributed by atoms with Crippen LogP contribution in [0.2, 0.25) is 0 Å². The zero-order valence-corrected chi connectivity index (χ0v) is 12.1. The zero-order valence-electron chi connectivity index (χ0n) is 12.1. The van der Waals surface area contributed by atoms with E-state index >= 15 is 0 Å². The van der Waals surface area contributed by atoms with Gasteiger partial charge in [0.05, 0.1) is 18.2 Å². The first kappa shape index (κ1) is 15.5. The third-order valence-electron chi connectivity index (χ3n) is 3.60. The molecule has 0 aliphatic heterocycles. The van der Waals surface area contributed by atoms with E-state index < -0.39 is 0 Å². The molecule has 1 aliphatic rings. The standard InChI is InChI=1S/C16H21N3O2/c17-12-13-3-5-14(6-4-13)18-16(21)2-1-9-19(10-11-20)15-7-8-15/h3-6,15,20H,1-2,7-11H2,(H,18,21). The lowest BCUT2D eigenvalue weighted by Crippen LogP contribution is -2.30. The Morgan fingerprint density at radius 3 is 2.62 bits per heavy atom. The van der Waals surface area contributed by atoms with Gasteiger partial charge in [0.2, 0.25) is 5.91 Å². The fourth-order valence-corrected chi connectivity index (χ4v) is 2.34. The molecule has 1 fully saturated rings. The highest BCUT2D eigenvalue weighted by Gasteiger charge is 2.27. The van der Waals surface area contributed by atoms with Crippen molar-refractivity contribution in [1.82, 2.24) is 4.90 Å². The van der Waals surface area contributed by atoms with Crippen molar-refractivity contribution in [3.8, 4) is 6.07 Å². The van der Waals surface area contributed by atoms with Crippen molar-refractivity contribution in [2.75, 3.05) is 25.0 Å². The number of aliphatic hydroxyl groups is 1. The number of nitrogens with one attached hydrogen (secondary N) is 1. The highest BCUT2D eigenvalue weighted by atomic mass is 16.3. The summed E-state index contributed by atoms with van der Waals surface area (Å²) < 4.78 is 0. The molecule has 0 atom stereocenters. The van der Waals surface area contributed by atoms with Crippen molar-refractivity contribution in [2.45, 2.75) is 31.7 Å². The van der Waals surface area contributed by atoms with Crippen LogP contribution in [0.4, 0.5) is 5.69 Å². The number of carbonyl (C=O) groups excluding carboxylic acids is 1. The summed E-state index contributed by atoms with van der Waals surface area (Å²) in [6.45, 7) is 1.72. The van der Waals surface area contributed by atoms with Gasteiger partial charge in [-0.25, -0.2) is 0 Å². The number of aliphatic hydroxyl groups excluding tert-OH is 1. The number of hydrogen-bond acceptors (Lipinski definition) is 4. The summed E-state index contributed by atoms with van der Waals surface area (Å²) in [5.74, 6) is -0.0144. The van der Waals surface area contributed by atoms with E-state index in [0.717, 1.165) is 13.0 Å². The second-order valence-electron chi connectivity index (χ2n) is 5.33. The van der Waals surface area contributed by atoms with Crippen molar-refractivity contribution in [2.24, 2.45) is 0 Å². The highest BCUT2D eigenvalue weighted by Crippen LogP contribution is 2.26. The van der Waals surface area contributed by atoms with Gasteiger partial charge in [0.25, 0.3) is 0 Å². The van der Waals surface area contributed by atoms with Gasteiger partial charge in [-0.2, -0.15) is 5.26 Å². The summed E-state index contributed by atoms with van der Waals surface area (Å²) in [6, 6.07) is 9.50. The summed E-state index contributed by atoms with van der Waals surface area (Å²) in [5.41, 5.74) is 1.30. The first-order valence-corrected chi connectivity index (χ1v) is 7.38. The maximum Gasteiger partial charge on any atom is 0.224 e. The van der Waals surface area contributed by atoms with Crippen LogP contribution in [0.3, 0.4) is 0 Å². The highest BCUT2D eigenvalue weighted by molar-refractivity contribution is 5.90. The number of rotatable bonds is 8. The molecule has 0 heterocycles. The Bertz CT molecular complexity index is 503. The van der Waals surface area contributed by atoms with Crippen LogP contribution >= 0.6 is 0 Å². The minimum atomic E-state index is -0.0144. The van der Waals surface area contributed by atoms with Crippen LogP contribution in [0, 0.1) is 11.3 Å². The lowest BCUT2D eigenvalue weighted by atomic mass is 10.2. The molecular weight excluding hydrogens is 266 g/mol. The lowest BCUT2D eigenvalue weighted by molar-refractivity contribution is -0.116. The van der Waals surface area contributed by atoms with E-state index in [-0.39, 0.29) is 12.5 Å². The minimum Gasteiger partial charge on any atom is -0.395 e. The molecule has 0 aromatic heterocycles. The van der Waals surface area contributed by atoms with Gasteiger partial charge in [-0.3, -0.25) is 9.69 Å². The number of anilines is 1. The largest absolute Gasteiger partial charge is 0.395 e. The summed E-state index contributed by atoms with van der Waals surface area (Å²) in [4.78, 5) is 14.1. The molecule has 0 bridgehead atoms. The number of hydrogen-bond donors (Lipinski definition) is 2. The molecule has 5 heteroatoms. The van der Waals surface area contributed by atoms with Crippen LogP contribution in [0.5, 0.6) is 0 Å². The fourth-order valence-electron chi connectivity index (χ4n) is 2.34. The molecule has 0 unspecified atom stereocenters. The van der Waals surface area contributed by atoms with Gasteiger partial charge in [0.1, 0.15) is 0 Å². The average Bonchev–Trinajstić information content (AvgIpc) is 3.32. The van der Waals surface area contributed by atoms with Crippen molar-refractivity contribution >= 4 is 11.6 Å². The molecule has 0 saturated heterocycles. The molecule has 112 valence electrons. The molecular formula is C16H21N3O2. The van der Waals surface area contributed by atoms with Gasteiger partial charge in [-0.05, 0) is 50.1 Å². The van der Waals surface area contributed by atoms with E-state index in [0.29, 0.717) is 30.3 Å². The van der Waals surface area contributed by atoms with E-state index in [4.69, 9.17) is 10.4 Å². The quantitative estimate of drug-likeness (QED) is 0.763. The average molecular weight is 287 g/mol. The normalized spacial score (nSPS) is 14.0. The maximum absolute atomic E-state index is 11.8. The molecule has 1 saturated carbocycles. The van der Waals surface area contributed by atoms with Gasteiger partial charge in [0.15, 0.2) is 0 Å². The first-order chi connectivity index (χ1) is 10.2. The molecule has 21 heavy (non-hydrogen) atoms. The fraction of sp³-hybridized carbons (Fsp3) is 0.500. The molecule has 1 aliphatic carbocycles. The number of nitriles is 1. The maximum atomic E-state index is 11.8. The molecule has 1 aromatic carbocycles. The Morgan fingerprint density at radius 1 is 1.33 bits per heavy atom. The van der Waals surface area contributed by atoms with Gasteiger partial charge < -0.3 is 10.4 Å². The second-order valence-corrected chi connectivity index (χ2v) is 5.33. The number of carbonyl (C=O) groups is 1. The number of amides is 1. The predicted molar refractivity (Wildman–Crippen MR) is 80.7 cm³/mol. The van der Waals surface area contributed by atoms with Crippen molar-refractivity contribution in [1.29, 1.82) is 5.26 Å². The summed E-state index contributed by atoms with van der Waals surface area (Å²) in [6.07, 6.45) is 3.67. The van der Waals surface area contributed by atoms with E-state index in [9.17, 15) is 4.79 Å². The van der Waals surface area contributed by atoms with Gasteiger partial charge in [-0.1, -0.05) is 0 Å². The Balaban J connectivity index is 1.70. The lowest BCUT2D eigenvalue weighted by Gasteiger charge is -2.20. The summed E-state index contributed by atoms with van der Waals surface area (Å²) in [7, 11) is 0. The van der Waals surface area contributed by atoms with E-state index in [1.54, 1.807) is 24.3 Å². The van der Waals surface area contributed by atoms with Crippen molar-refractivity contribution < 1.29 is 9.90 Å². The van der Waals surface area contributed by atoms with Crippen LogP contribution in [-0.2, 0) is 4.79 Å². The van der Waals surface area contributed by atoms with Crippen molar-refractivity contribution in [3.05, 3.63) is 29.8 Å². The van der Waals surface area contributed by atoms with Crippen LogP contribution in [0.1, 0.15) is 31.2 Å². The molecule has 0 spiro atoms. The SMILES string of the molecule is N#Cc1ccc(NC(=O)CCCN(CCO)C2CC2)cc1. The van der Waals surface area contributed by atoms with E-state index in [2.05, 4.69) is 10.2 Å². The molecule has 1 amide bonds. The second kappa shape index (κ2) is 7.77.